The van der Waals surface area contributed by atoms with Crippen LogP contribution in [0.4, 0.5) is 0 Å². The van der Waals surface area contributed by atoms with Crippen LogP contribution in [0, 0.1) is 11.8 Å². The third-order valence-corrected chi connectivity index (χ3v) is 5.90. The van der Waals surface area contributed by atoms with Gasteiger partial charge in [-0.25, -0.2) is 4.79 Å². The molecule has 180 valence electrons. The summed E-state index contributed by atoms with van der Waals surface area (Å²) in [4.78, 5) is 39.6. The number of hydrogen-bond acceptors (Lipinski definition) is 4. The summed E-state index contributed by atoms with van der Waals surface area (Å²) in [6.07, 6.45) is 4.30. The number of amides is 2. The molecule has 1 unspecified atom stereocenters. The average molecular weight is 440 g/mol. The summed E-state index contributed by atoms with van der Waals surface area (Å²) in [5, 5.41) is 15.7. The average Bonchev–Trinajstić information content (AvgIpc) is 2.70. The van der Waals surface area contributed by atoms with Crippen molar-refractivity contribution in [1.82, 2.24) is 15.5 Å². The lowest BCUT2D eigenvalue weighted by Gasteiger charge is -2.36. The summed E-state index contributed by atoms with van der Waals surface area (Å²) >= 11 is 0. The second kappa shape index (κ2) is 13.5. The van der Waals surface area contributed by atoms with Gasteiger partial charge in [-0.05, 0) is 51.0 Å². The van der Waals surface area contributed by atoms with E-state index in [1.165, 1.54) is 6.92 Å². The molecule has 2 atom stereocenters. The molecular weight excluding hydrogens is 394 g/mol. The minimum atomic E-state index is -1.00. The van der Waals surface area contributed by atoms with Gasteiger partial charge < -0.3 is 20.6 Å². The molecular formula is C24H45N3O4. The number of carbonyl (C=O) groups is 3. The summed E-state index contributed by atoms with van der Waals surface area (Å²) in [6, 6.07) is -1.05. The SMILES string of the molecule is CCCNC(CC)(CC)C(=O)NC(CC(C)C)C(=O)N(C)[C@H](/C=C(\C)C(=O)O)C(C)C. The Morgan fingerprint density at radius 2 is 1.61 bits per heavy atom. The number of nitrogens with one attached hydrogen (secondary N) is 2. The van der Waals surface area contributed by atoms with E-state index < -0.39 is 17.6 Å². The smallest absolute Gasteiger partial charge is 0.331 e. The van der Waals surface area contributed by atoms with E-state index in [1.54, 1.807) is 18.0 Å². The highest BCUT2D eigenvalue weighted by atomic mass is 16.4. The van der Waals surface area contributed by atoms with Gasteiger partial charge in [0.05, 0.1) is 11.6 Å². The summed E-state index contributed by atoms with van der Waals surface area (Å²) in [5.41, 5.74) is -0.510. The van der Waals surface area contributed by atoms with E-state index in [-0.39, 0.29) is 35.3 Å². The van der Waals surface area contributed by atoms with Crippen LogP contribution in [0.15, 0.2) is 11.6 Å². The molecule has 2 amide bonds. The number of likely N-dealkylation sites (N-methyl/N-ethyl adjacent to an activating group) is 1. The highest BCUT2D eigenvalue weighted by molar-refractivity contribution is 5.92. The predicted octanol–water partition coefficient (Wildman–Crippen LogP) is 3.59. The van der Waals surface area contributed by atoms with Gasteiger partial charge in [-0.2, -0.15) is 0 Å². The van der Waals surface area contributed by atoms with Crippen LogP contribution in [0.3, 0.4) is 0 Å². The van der Waals surface area contributed by atoms with Crippen molar-refractivity contribution in [2.24, 2.45) is 11.8 Å². The van der Waals surface area contributed by atoms with Crippen molar-refractivity contribution in [3.63, 3.8) is 0 Å². The molecule has 0 aromatic rings. The Labute approximate surface area is 189 Å². The number of carboxylic acids is 1. The van der Waals surface area contributed by atoms with E-state index in [9.17, 15) is 19.5 Å². The Hall–Kier alpha value is -1.89. The van der Waals surface area contributed by atoms with Crippen molar-refractivity contribution in [3.05, 3.63) is 11.6 Å². The summed E-state index contributed by atoms with van der Waals surface area (Å²) in [6.45, 7) is 16.2. The maximum atomic E-state index is 13.4. The third-order valence-electron chi connectivity index (χ3n) is 5.90. The Balaban J connectivity index is 5.85. The van der Waals surface area contributed by atoms with Gasteiger partial charge in [0.15, 0.2) is 0 Å². The van der Waals surface area contributed by atoms with Gasteiger partial charge in [-0.3, -0.25) is 9.59 Å². The minimum absolute atomic E-state index is 0.0234. The van der Waals surface area contributed by atoms with Gasteiger partial charge in [0.2, 0.25) is 11.8 Å². The fourth-order valence-electron chi connectivity index (χ4n) is 3.73. The minimum Gasteiger partial charge on any atom is -0.478 e. The molecule has 0 aliphatic rings. The van der Waals surface area contributed by atoms with E-state index in [0.717, 1.165) is 13.0 Å². The maximum absolute atomic E-state index is 13.4. The first kappa shape index (κ1) is 29.1. The molecule has 7 heteroatoms. The zero-order valence-electron chi connectivity index (χ0n) is 21.0. The van der Waals surface area contributed by atoms with Crippen molar-refractivity contribution in [1.29, 1.82) is 0 Å². The van der Waals surface area contributed by atoms with Gasteiger partial charge in [0.1, 0.15) is 6.04 Å². The maximum Gasteiger partial charge on any atom is 0.331 e. The molecule has 7 nitrogen and oxygen atoms in total. The Bertz CT molecular complexity index is 624. The fourth-order valence-corrected chi connectivity index (χ4v) is 3.73. The molecule has 0 fully saturated rings. The second-order valence-electron chi connectivity index (χ2n) is 9.21. The summed E-state index contributed by atoms with van der Waals surface area (Å²) in [5.74, 6) is -1.13. The molecule has 0 aromatic carbocycles. The first-order chi connectivity index (χ1) is 14.4. The van der Waals surface area contributed by atoms with Gasteiger partial charge in [0.25, 0.3) is 0 Å². The molecule has 0 saturated heterocycles. The molecule has 31 heavy (non-hydrogen) atoms. The van der Waals surface area contributed by atoms with Gasteiger partial charge in [0, 0.05) is 12.6 Å². The molecule has 0 rings (SSSR count). The number of carbonyl (C=O) groups excluding carboxylic acids is 2. The molecule has 0 bridgehead atoms. The Morgan fingerprint density at radius 3 is 2.00 bits per heavy atom. The molecule has 0 saturated carbocycles. The number of nitrogens with zero attached hydrogens (tertiary/aromatic N) is 1. The molecule has 0 spiro atoms. The van der Waals surface area contributed by atoms with E-state index in [2.05, 4.69) is 17.6 Å². The fraction of sp³-hybridized carbons (Fsp3) is 0.792. The number of carboxylic acid groups (broad SMARTS) is 1. The largest absolute Gasteiger partial charge is 0.478 e. The van der Waals surface area contributed by atoms with E-state index >= 15 is 0 Å². The first-order valence-electron chi connectivity index (χ1n) is 11.6. The highest BCUT2D eigenvalue weighted by Gasteiger charge is 2.37. The van der Waals surface area contributed by atoms with Crippen LogP contribution in [0.1, 0.15) is 81.1 Å². The zero-order chi connectivity index (χ0) is 24.4. The summed E-state index contributed by atoms with van der Waals surface area (Å²) < 4.78 is 0. The van der Waals surface area contributed by atoms with Gasteiger partial charge >= 0.3 is 5.97 Å². The summed E-state index contributed by atoms with van der Waals surface area (Å²) in [7, 11) is 1.68. The van der Waals surface area contributed by atoms with Crippen molar-refractivity contribution in [2.45, 2.75) is 98.7 Å². The highest BCUT2D eigenvalue weighted by Crippen LogP contribution is 2.20. The number of aliphatic carboxylic acids is 1. The lowest BCUT2D eigenvalue weighted by atomic mass is 9.90. The van der Waals surface area contributed by atoms with Gasteiger partial charge in [-0.15, -0.1) is 0 Å². The van der Waals surface area contributed by atoms with Crippen LogP contribution in [0.5, 0.6) is 0 Å². The topological polar surface area (TPSA) is 98.7 Å². The lowest BCUT2D eigenvalue weighted by molar-refractivity contribution is -0.139. The standard InChI is InChI=1S/C24H45N3O4/c1-10-13-25-24(11-2,12-3)23(31)26-19(14-16(4)5)21(28)27(9)20(17(6)7)15-18(8)22(29)30/h15-17,19-20,25H,10-14H2,1-9H3,(H,26,31)(H,29,30)/b18-15+/t19?,20-/m1/s1. The number of hydrogen-bond donors (Lipinski definition) is 3. The van der Waals surface area contributed by atoms with Crippen LogP contribution in [0.25, 0.3) is 0 Å². The molecule has 3 N–H and O–H groups in total. The monoisotopic (exact) mass is 439 g/mol. The zero-order valence-corrected chi connectivity index (χ0v) is 21.0. The van der Waals surface area contributed by atoms with E-state index in [0.29, 0.717) is 19.3 Å². The molecule has 0 aliphatic heterocycles. The van der Waals surface area contributed by atoms with Crippen molar-refractivity contribution in [2.75, 3.05) is 13.6 Å². The van der Waals surface area contributed by atoms with Crippen molar-refractivity contribution >= 4 is 17.8 Å². The second-order valence-corrected chi connectivity index (χ2v) is 9.21. The van der Waals surface area contributed by atoms with Crippen LogP contribution in [0.2, 0.25) is 0 Å². The molecule has 0 aromatic heterocycles. The van der Waals surface area contributed by atoms with Gasteiger partial charge in [-0.1, -0.05) is 54.5 Å². The van der Waals surface area contributed by atoms with Crippen LogP contribution < -0.4 is 10.6 Å². The normalized spacial score (nSPS) is 14.5. The predicted molar refractivity (Wildman–Crippen MR) is 126 cm³/mol. The van der Waals surface area contributed by atoms with Crippen molar-refractivity contribution < 1.29 is 19.5 Å². The Kier molecular flexibility index (Phi) is 12.7. The Morgan fingerprint density at radius 1 is 1.06 bits per heavy atom. The van der Waals surface area contributed by atoms with E-state index in [4.69, 9.17) is 0 Å². The molecule has 0 radical (unpaired) electrons. The van der Waals surface area contributed by atoms with Crippen molar-refractivity contribution in [3.8, 4) is 0 Å². The molecule has 0 heterocycles. The quantitative estimate of drug-likeness (QED) is 0.359. The third kappa shape index (κ3) is 8.63. The van der Waals surface area contributed by atoms with Crippen LogP contribution >= 0.6 is 0 Å². The van der Waals surface area contributed by atoms with Crippen LogP contribution in [-0.4, -0.2) is 59.0 Å². The van der Waals surface area contributed by atoms with E-state index in [1.807, 2.05) is 41.5 Å². The van der Waals surface area contributed by atoms with Crippen LogP contribution in [-0.2, 0) is 14.4 Å². The molecule has 0 aliphatic carbocycles. The number of rotatable bonds is 14. The lowest BCUT2D eigenvalue weighted by Crippen LogP contribution is -2.61. The first-order valence-corrected chi connectivity index (χ1v) is 11.6.